The summed E-state index contributed by atoms with van der Waals surface area (Å²) < 4.78 is 5.46. The van der Waals surface area contributed by atoms with E-state index >= 15 is 0 Å². The van der Waals surface area contributed by atoms with Crippen molar-refractivity contribution in [2.75, 3.05) is 19.7 Å². The average molecular weight is 198 g/mol. The third-order valence-corrected chi connectivity index (χ3v) is 3.11. The third-order valence-electron chi connectivity index (χ3n) is 3.11. The molecule has 4 heteroatoms. The van der Waals surface area contributed by atoms with Crippen LogP contribution in [0.25, 0.3) is 0 Å². The Hall–Kier alpha value is -0.610. The molecular formula is C10H18N2O2. The van der Waals surface area contributed by atoms with Crippen LogP contribution in [0.4, 0.5) is 0 Å². The summed E-state index contributed by atoms with van der Waals surface area (Å²) in [6, 6.07) is 0.478. The van der Waals surface area contributed by atoms with Crippen LogP contribution in [0.5, 0.6) is 0 Å². The van der Waals surface area contributed by atoms with Crippen LogP contribution in [0.2, 0.25) is 0 Å². The normalized spacial score (nSPS) is 37.5. The monoisotopic (exact) mass is 198 g/mol. The van der Waals surface area contributed by atoms with Crippen LogP contribution < -0.4 is 10.6 Å². The summed E-state index contributed by atoms with van der Waals surface area (Å²) in [5.74, 6) is 0.655. The zero-order valence-corrected chi connectivity index (χ0v) is 8.58. The van der Waals surface area contributed by atoms with Crippen LogP contribution in [0, 0.1) is 5.92 Å². The molecule has 80 valence electrons. The van der Waals surface area contributed by atoms with Crippen molar-refractivity contribution in [3.8, 4) is 0 Å². The van der Waals surface area contributed by atoms with Gasteiger partial charge in [-0.05, 0) is 19.3 Å². The van der Waals surface area contributed by atoms with Crippen molar-refractivity contribution in [2.24, 2.45) is 5.92 Å². The minimum absolute atomic E-state index is 0.188. The second-order valence-electron chi connectivity index (χ2n) is 4.25. The molecule has 0 bridgehead atoms. The van der Waals surface area contributed by atoms with E-state index in [9.17, 15) is 4.79 Å². The van der Waals surface area contributed by atoms with E-state index in [2.05, 4.69) is 17.6 Å². The van der Waals surface area contributed by atoms with E-state index in [1.54, 1.807) is 0 Å². The summed E-state index contributed by atoms with van der Waals surface area (Å²) in [5.41, 5.74) is 0. The SMILES string of the molecule is CC1OCCC1NCC1CNC(=O)C1. The number of hydrogen-bond donors (Lipinski definition) is 2. The van der Waals surface area contributed by atoms with Crippen molar-refractivity contribution in [1.29, 1.82) is 0 Å². The van der Waals surface area contributed by atoms with Gasteiger partial charge in [-0.15, -0.1) is 0 Å². The Labute approximate surface area is 84.4 Å². The molecule has 3 unspecified atom stereocenters. The Morgan fingerprint density at radius 1 is 1.64 bits per heavy atom. The lowest BCUT2D eigenvalue weighted by Gasteiger charge is -2.17. The molecule has 0 aromatic rings. The number of hydrogen-bond acceptors (Lipinski definition) is 3. The molecule has 0 radical (unpaired) electrons. The van der Waals surface area contributed by atoms with E-state index in [1.165, 1.54) is 0 Å². The molecule has 2 aliphatic heterocycles. The first-order chi connectivity index (χ1) is 6.75. The van der Waals surface area contributed by atoms with Crippen LogP contribution >= 0.6 is 0 Å². The summed E-state index contributed by atoms with van der Waals surface area (Å²) in [4.78, 5) is 11.0. The van der Waals surface area contributed by atoms with Gasteiger partial charge in [0, 0.05) is 32.2 Å². The zero-order chi connectivity index (χ0) is 9.97. The van der Waals surface area contributed by atoms with Crippen LogP contribution in [0.1, 0.15) is 19.8 Å². The quantitative estimate of drug-likeness (QED) is 0.665. The molecule has 1 amide bonds. The smallest absolute Gasteiger partial charge is 0.220 e. The van der Waals surface area contributed by atoms with Crippen molar-refractivity contribution in [1.82, 2.24) is 10.6 Å². The maximum atomic E-state index is 11.0. The topological polar surface area (TPSA) is 50.4 Å². The van der Waals surface area contributed by atoms with E-state index in [0.717, 1.165) is 26.1 Å². The summed E-state index contributed by atoms with van der Waals surface area (Å²) in [6.45, 7) is 4.72. The molecule has 2 fully saturated rings. The number of carbonyl (C=O) groups excluding carboxylic acids is 1. The van der Waals surface area contributed by atoms with Crippen LogP contribution in [0.3, 0.4) is 0 Å². The molecule has 0 aromatic carbocycles. The predicted molar refractivity (Wildman–Crippen MR) is 52.9 cm³/mol. The van der Waals surface area contributed by atoms with Gasteiger partial charge < -0.3 is 15.4 Å². The maximum absolute atomic E-state index is 11.0. The van der Waals surface area contributed by atoms with Crippen molar-refractivity contribution < 1.29 is 9.53 Å². The highest BCUT2D eigenvalue weighted by Crippen LogP contribution is 2.14. The second-order valence-corrected chi connectivity index (χ2v) is 4.25. The highest BCUT2D eigenvalue weighted by molar-refractivity contribution is 5.78. The van der Waals surface area contributed by atoms with Gasteiger partial charge in [-0.25, -0.2) is 0 Å². The van der Waals surface area contributed by atoms with Gasteiger partial charge >= 0.3 is 0 Å². The van der Waals surface area contributed by atoms with Crippen LogP contribution in [-0.2, 0) is 9.53 Å². The summed E-state index contributed by atoms with van der Waals surface area (Å²) in [5, 5.41) is 6.32. The first-order valence-corrected chi connectivity index (χ1v) is 5.37. The van der Waals surface area contributed by atoms with Gasteiger partial charge in [-0.1, -0.05) is 0 Å². The van der Waals surface area contributed by atoms with Gasteiger partial charge in [-0.2, -0.15) is 0 Å². The summed E-state index contributed by atoms with van der Waals surface area (Å²) in [6.07, 6.45) is 2.09. The minimum Gasteiger partial charge on any atom is -0.377 e. The standard InChI is InChI=1S/C10H18N2O2/c1-7-9(2-3-14-7)11-5-8-4-10(13)12-6-8/h7-9,11H,2-6H2,1H3,(H,12,13). The van der Waals surface area contributed by atoms with Crippen molar-refractivity contribution >= 4 is 5.91 Å². The van der Waals surface area contributed by atoms with Gasteiger partial charge in [0.1, 0.15) is 0 Å². The van der Waals surface area contributed by atoms with Gasteiger partial charge in [0.2, 0.25) is 5.91 Å². The van der Waals surface area contributed by atoms with Gasteiger partial charge in [0.25, 0.3) is 0 Å². The molecule has 0 saturated carbocycles. The predicted octanol–water partition coefficient (Wildman–Crippen LogP) is -0.110. The fourth-order valence-corrected chi connectivity index (χ4v) is 2.13. The van der Waals surface area contributed by atoms with Crippen LogP contribution in [0.15, 0.2) is 0 Å². The molecule has 2 aliphatic rings. The van der Waals surface area contributed by atoms with E-state index in [4.69, 9.17) is 4.74 Å². The molecule has 2 heterocycles. The summed E-state index contributed by atoms with van der Waals surface area (Å²) >= 11 is 0. The molecule has 0 aromatic heterocycles. The summed E-state index contributed by atoms with van der Waals surface area (Å²) in [7, 11) is 0. The minimum atomic E-state index is 0.188. The molecule has 2 saturated heterocycles. The zero-order valence-electron chi connectivity index (χ0n) is 8.58. The molecule has 2 rings (SSSR count). The largest absolute Gasteiger partial charge is 0.377 e. The third kappa shape index (κ3) is 2.25. The van der Waals surface area contributed by atoms with Gasteiger partial charge in [-0.3, -0.25) is 4.79 Å². The van der Waals surface area contributed by atoms with Crippen LogP contribution in [-0.4, -0.2) is 37.7 Å². The van der Waals surface area contributed by atoms with E-state index in [1.807, 2.05) is 0 Å². The molecule has 3 atom stereocenters. The molecule has 2 N–H and O–H groups in total. The molecule has 0 aliphatic carbocycles. The highest BCUT2D eigenvalue weighted by atomic mass is 16.5. The number of rotatable bonds is 3. The van der Waals surface area contributed by atoms with Gasteiger partial charge in [0.05, 0.1) is 6.10 Å². The number of ether oxygens (including phenoxy) is 1. The Balaban J connectivity index is 1.69. The lowest BCUT2D eigenvalue weighted by Crippen LogP contribution is -2.38. The molecule has 0 spiro atoms. The Morgan fingerprint density at radius 2 is 2.50 bits per heavy atom. The molecule has 4 nitrogen and oxygen atoms in total. The highest BCUT2D eigenvalue weighted by Gasteiger charge is 2.26. The first-order valence-electron chi connectivity index (χ1n) is 5.37. The van der Waals surface area contributed by atoms with E-state index in [0.29, 0.717) is 24.5 Å². The Morgan fingerprint density at radius 3 is 3.07 bits per heavy atom. The Kier molecular flexibility index (Phi) is 3.03. The maximum Gasteiger partial charge on any atom is 0.220 e. The first kappa shape index (κ1) is 9.93. The van der Waals surface area contributed by atoms with Gasteiger partial charge in [0.15, 0.2) is 0 Å². The van der Waals surface area contributed by atoms with Crippen molar-refractivity contribution in [3.05, 3.63) is 0 Å². The Bertz CT molecular complexity index is 220. The lowest BCUT2D eigenvalue weighted by molar-refractivity contribution is -0.119. The van der Waals surface area contributed by atoms with Crippen molar-refractivity contribution in [2.45, 2.75) is 31.9 Å². The van der Waals surface area contributed by atoms with E-state index < -0.39 is 0 Å². The average Bonchev–Trinajstić information content (AvgIpc) is 2.72. The fourth-order valence-electron chi connectivity index (χ4n) is 2.13. The number of nitrogens with one attached hydrogen (secondary N) is 2. The fraction of sp³-hybridized carbons (Fsp3) is 0.900. The number of amides is 1. The lowest BCUT2D eigenvalue weighted by atomic mass is 10.1. The second kappa shape index (κ2) is 4.28. The molecular weight excluding hydrogens is 180 g/mol. The molecule has 14 heavy (non-hydrogen) atoms. The van der Waals surface area contributed by atoms with E-state index in [-0.39, 0.29) is 5.91 Å². The number of carbonyl (C=O) groups is 1. The van der Waals surface area contributed by atoms with Crippen molar-refractivity contribution in [3.63, 3.8) is 0 Å².